The number of nitrogens with zero attached hydrogens (tertiary/aromatic N) is 6. The summed E-state index contributed by atoms with van der Waals surface area (Å²) in [5.41, 5.74) is 7.93. The van der Waals surface area contributed by atoms with Crippen LogP contribution in [-0.4, -0.2) is 56.4 Å². The van der Waals surface area contributed by atoms with Crippen molar-refractivity contribution >= 4 is 52.0 Å². The fraction of sp³-hybridized carbons (Fsp3) is 0.316. The molecule has 0 saturated carbocycles. The minimum absolute atomic E-state index is 0.0158. The second-order valence-electron chi connectivity index (χ2n) is 13.4. The summed E-state index contributed by atoms with van der Waals surface area (Å²) < 4.78 is 2.08. The molecule has 0 spiro atoms. The molecule has 0 bridgehead atoms. The average Bonchev–Trinajstić information content (AvgIpc) is 3.75. The molecule has 1 saturated heterocycles. The van der Waals surface area contributed by atoms with Gasteiger partial charge in [-0.05, 0) is 86.7 Å². The Kier molecular flexibility index (Phi) is 8.27. The van der Waals surface area contributed by atoms with Crippen LogP contribution in [0.25, 0.3) is 16.1 Å². The van der Waals surface area contributed by atoms with Gasteiger partial charge >= 0.3 is 0 Å². The van der Waals surface area contributed by atoms with Crippen molar-refractivity contribution in [2.45, 2.75) is 59.0 Å². The summed E-state index contributed by atoms with van der Waals surface area (Å²) in [6, 6.07) is 17.3. The number of aromatic nitrogens is 4. The second kappa shape index (κ2) is 12.8. The Morgan fingerprint density at radius 1 is 1.04 bits per heavy atom. The molecule has 1 unspecified atom stereocenters. The number of aliphatic imine (C=N–C) groups is 1. The molecule has 2 N–H and O–H groups in total. The highest BCUT2D eigenvalue weighted by molar-refractivity contribution is 7.15. The van der Waals surface area contributed by atoms with Gasteiger partial charge in [0.05, 0.1) is 18.1 Å². The predicted molar refractivity (Wildman–Crippen MR) is 198 cm³/mol. The number of rotatable bonds is 6. The summed E-state index contributed by atoms with van der Waals surface area (Å²) >= 11 is 7.97. The number of anilines is 2. The van der Waals surface area contributed by atoms with Crippen molar-refractivity contribution in [3.05, 3.63) is 105 Å². The highest BCUT2D eigenvalue weighted by Crippen LogP contribution is 2.41. The molecule has 3 aliphatic heterocycles. The van der Waals surface area contributed by atoms with Crippen LogP contribution in [0.2, 0.25) is 5.02 Å². The zero-order valence-corrected chi connectivity index (χ0v) is 29.9. The smallest absolute Gasteiger partial charge is 0.228 e. The van der Waals surface area contributed by atoms with E-state index in [9.17, 15) is 9.59 Å². The Labute approximate surface area is 299 Å². The SMILES string of the molecule is Cc1sc2c(c1C)C(c1ccc(Cl)cc1)=N[C@@H](C(C)C(=O)NC1CCN(c3ncccc3-c3ccc4c(c3)CC(=O)N4)CC1)c1nnc(C)n1-2. The number of benzene rings is 2. The second-order valence-corrected chi connectivity index (χ2v) is 15.0. The number of nitrogens with one attached hydrogen (secondary N) is 2. The molecule has 50 heavy (non-hydrogen) atoms. The van der Waals surface area contributed by atoms with Crippen LogP contribution in [0.1, 0.15) is 64.6 Å². The molecule has 2 amide bonds. The maximum atomic E-state index is 14.1. The molecule has 3 aromatic heterocycles. The van der Waals surface area contributed by atoms with Gasteiger partial charge in [0.25, 0.3) is 0 Å². The van der Waals surface area contributed by atoms with Crippen molar-refractivity contribution in [1.29, 1.82) is 0 Å². The number of fused-ring (bicyclic) bond motifs is 4. The molecule has 1 fully saturated rings. The number of carbonyl (C=O) groups is 2. The quantitative estimate of drug-likeness (QED) is 0.201. The standard InChI is InChI=1S/C38H37ClN8O2S/c1-20-22(3)50-38-32(20)34(24-7-10-27(39)11-8-24)43-33(36-45-44-23(4)47(36)38)21(2)37(49)41-28-13-16-46(17-14-28)35-29(6-5-15-40-35)25-9-12-30-26(18-25)19-31(48)42-30/h5-12,15,18,21,28,33H,13-14,16-17,19H2,1-4H3,(H,41,49)(H,42,48)/t21?,33-/m0/s1. The van der Waals surface area contributed by atoms with Crippen molar-refractivity contribution in [2.75, 3.05) is 23.3 Å². The molecule has 10 nitrogen and oxygen atoms in total. The van der Waals surface area contributed by atoms with E-state index in [4.69, 9.17) is 21.6 Å². The number of hydrogen-bond donors (Lipinski definition) is 2. The molecule has 0 aliphatic carbocycles. The lowest BCUT2D eigenvalue weighted by molar-refractivity contribution is -0.126. The number of aryl methyl sites for hydroxylation is 2. The van der Waals surface area contributed by atoms with Crippen LogP contribution in [0.4, 0.5) is 11.5 Å². The van der Waals surface area contributed by atoms with Crippen molar-refractivity contribution in [1.82, 2.24) is 25.1 Å². The minimum atomic E-state index is -0.546. The van der Waals surface area contributed by atoms with Crippen LogP contribution in [0.15, 0.2) is 65.8 Å². The van der Waals surface area contributed by atoms with Crippen molar-refractivity contribution in [3.63, 3.8) is 0 Å². The fourth-order valence-electron chi connectivity index (χ4n) is 7.27. The van der Waals surface area contributed by atoms with Crippen LogP contribution >= 0.6 is 22.9 Å². The van der Waals surface area contributed by atoms with Gasteiger partial charge in [0, 0.05) is 57.6 Å². The van der Waals surface area contributed by atoms with E-state index in [1.54, 1.807) is 11.3 Å². The number of carbonyl (C=O) groups excluding carboxylic acids is 2. The van der Waals surface area contributed by atoms with Crippen molar-refractivity contribution in [3.8, 4) is 16.1 Å². The van der Waals surface area contributed by atoms with Crippen LogP contribution in [-0.2, 0) is 16.0 Å². The first-order valence-corrected chi connectivity index (χ1v) is 18.2. The lowest BCUT2D eigenvalue weighted by atomic mass is 9.96. The molecule has 254 valence electrons. The molecular formula is C38H37ClN8O2S. The monoisotopic (exact) mass is 704 g/mol. The summed E-state index contributed by atoms with van der Waals surface area (Å²) in [6.07, 6.45) is 3.78. The third kappa shape index (κ3) is 5.68. The Bertz CT molecular complexity index is 2180. The Morgan fingerprint density at radius 2 is 1.80 bits per heavy atom. The number of piperidine rings is 1. The van der Waals surface area contributed by atoms with Crippen LogP contribution in [0, 0.1) is 26.7 Å². The summed E-state index contributed by atoms with van der Waals surface area (Å²) in [5, 5.41) is 17.0. The third-order valence-corrected chi connectivity index (χ3v) is 11.6. The molecule has 2 atom stereocenters. The summed E-state index contributed by atoms with van der Waals surface area (Å²) in [7, 11) is 0. The first-order valence-electron chi connectivity index (χ1n) is 17.0. The molecule has 8 rings (SSSR count). The Hall–Kier alpha value is -4.87. The van der Waals surface area contributed by atoms with Gasteiger partial charge in [0.15, 0.2) is 5.82 Å². The summed E-state index contributed by atoms with van der Waals surface area (Å²) in [4.78, 5) is 39.6. The van der Waals surface area contributed by atoms with E-state index in [1.165, 1.54) is 4.88 Å². The lowest BCUT2D eigenvalue weighted by Crippen LogP contribution is -2.47. The topological polar surface area (TPSA) is 117 Å². The number of pyridine rings is 1. The summed E-state index contributed by atoms with van der Waals surface area (Å²) in [5.74, 6) is 1.81. The van der Waals surface area contributed by atoms with Gasteiger partial charge < -0.3 is 15.5 Å². The zero-order chi connectivity index (χ0) is 34.7. The van der Waals surface area contributed by atoms with E-state index in [0.717, 1.165) is 87.4 Å². The maximum Gasteiger partial charge on any atom is 0.228 e. The van der Waals surface area contributed by atoms with Gasteiger partial charge in [-0.25, -0.2) is 4.98 Å². The van der Waals surface area contributed by atoms with E-state index >= 15 is 0 Å². The van der Waals surface area contributed by atoms with Crippen molar-refractivity contribution < 1.29 is 9.59 Å². The maximum absolute atomic E-state index is 14.1. The summed E-state index contributed by atoms with van der Waals surface area (Å²) in [6.45, 7) is 9.63. The normalized spacial score (nSPS) is 17.7. The molecular weight excluding hydrogens is 668 g/mol. The molecule has 0 radical (unpaired) electrons. The molecule has 2 aromatic carbocycles. The molecule has 5 aromatic rings. The minimum Gasteiger partial charge on any atom is -0.356 e. The van der Waals surface area contributed by atoms with E-state index in [1.807, 2.05) is 62.5 Å². The molecule has 6 heterocycles. The average molecular weight is 705 g/mol. The van der Waals surface area contributed by atoms with E-state index in [0.29, 0.717) is 17.3 Å². The van der Waals surface area contributed by atoms with Gasteiger partial charge in [-0.3, -0.25) is 19.1 Å². The van der Waals surface area contributed by atoms with E-state index in [-0.39, 0.29) is 17.9 Å². The first kappa shape index (κ1) is 32.3. The van der Waals surface area contributed by atoms with Crippen LogP contribution in [0.3, 0.4) is 0 Å². The lowest BCUT2D eigenvalue weighted by Gasteiger charge is -2.35. The fourth-order valence-corrected chi connectivity index (χ4v) is 8.61. The first-order chi connectivity index (χ1) is 24.2. The third-order valence-electron chi connectivity index (χ3n) is 10.2. The number of amides is 2. The number of halogens is 1. The Morgan fingerprint density at radius 3 is 2.58 bits per heavy atom. The largest absolute Gasteiger partial charge is 0.356 e. The van der Waals surface area contributed by atoms with Gasteiger partial charge in [-0.1, -0.05) is 36.7 Å². The highest BCUT2D eigenvalue weighted by Gasteiger charge is 2.37. The van der Waals surface area contributed by atoms with Crippen LogP contribution < -0.4 is 15.5 Å². The highest BCUT2D eigenvalue weighted by atomic mass is 35.5. The van der Waals surface area contributed by atoms with Gasteiger partial charge in [-0.2, -0.15) is 0 Å². The van der Waals surface area contributed by atoms with Gasteiger partial charge in [-0.15, -0.1) is 21.5 Å². The van der Waals surface area contributed by atoms with Gasteiger partial charge in [0.2, 0.25) is 11.8 Å². The van der Waals surface area contributed by atoms with E-state index in [2.05, 4.69) is 56.3 Å². The van der Waals surface area contributed by atoms with Crippen molar-refractivity contribution in [2.24, 2.45) is 10.9 Å². The predicted octanol–water partition coefficient (Wildman–Crippen LogP) is 6.78. The molecule has 3 aliphatic rings. The van der Waals surface area contributed by atoms with Crippen LogP contribution in [0.5, 0.6) is 0 Å². The van der Waals surface area contributed by atoms with Gasteiger partial charge in [0.1, 0.15) is 22.7 Å². The number of thiophene rings is 1. The molecule has 12 heteroatoms. The zero-order valence-electron chi connectivity index (χ0n) is 28.3. The Balaban J connectivity index is 1.02. The number of hydrogen-bond acceptors (Lipinski definition) is 8. The van der Waals surface area contributed by atoms with E-state index < -0.39 is 12.0 Å².